The SMILES string of the molecule is O=C(COC(=O)c1cccc(F)c1)c1ccc(N2CCCC2=O)cc1. The van der Waals surface area contributed by atoms with Gasteiger partial charge in [0.2, 0.25) is 5.91 Å². The van der Waals surface area contributed by atoms with Crippen LogP contribution in [0.15, 0.2) is 48.5 Å². The fourth-order valence-corrected chi connectivity index (χ4v) is 2.66. The topological polar surface area (TPSA) is 63.7 Å². The van der Waals surface area contributed by atoms with E-state index in [0.29, 0.717) is 18.5 Å². The van der Waals surface area contributed by atoms with Gasteiger partial charge in [0, 0.05) is 24.2 Å². The third-order valence-corrected chi connectivity index (χ3v) is 3.97. The van der Waals surface area contributed by atoms with Gasteiger partial charge in [-0.25, -0.2) is 9.18 Å². The Morgan fingerprint density at radius 2 is 1.84 bits per heavy atom. The molecule has 25 heavy (non-hydrogen) atoms. The van der Waals surface area contributed by atoms with Crippen LogP contribution in [0.25, 0.3) is 0 Å². The predicted molar refractivity (Wildman–Crippen MR) is 89.0 cm³/mol. The highest BCUT2D eigenvalue weighted by Gasteiger charge is 2.21. The maximum Gasteiger partial charge on any atom is 0.338 e. The van der Waals surface area contributed by atoms with E-state index in [1.54, 1.807) is 29.2 Å². The van der Waals surface area contributed by atoms with Gasteiger partial charge in [0.25, 0.3) is 0 Å². The molecule has 1 fully saturated rings. The van der Waals surface area contributed by atoms with Crippen LogP contribution in [0, 0.1) is 5.82 Å². The highest BCUT2D eigenvalue weighted by atomic mass is 19.1. The van der Waals surface area contributed by atoms with Crippen molar-refractivity contribution in [3.8, 4) is 0 Å². The van der Waals surface area contributed by atoms with Crippen LogP contribution in [0.1, 0.15) is 33.6 Å². The molecule has 1 saturated heterocycles. The van der Waals surface area contributed by atoms with Crippen molar-refractivity contribution in [3.05, 3.63) is 65.5 Å². The molecule has 1 heterocycles. The molecule has 0 bridgehead atoms. The second-order valence-corrected chi connectivity index (χ2v) is 5.71. The summed E-state index contributed by atoms with van der Waals surface area (Å²) in [5.41, 5.74) is 1.17. The van der Waals surface area contributed by atoms with E-state index in [-0.39, 0.29) is 17.3 Å². The number of ether oxygens (including phenoxy) is 1. The zero-order chi connectivity index (χ0) is 17.8. The van der Waals surface area contributed by atoms with E-state index in [2.05, 4.69) is 0 Å². The van der Waals surface area contributed by atoms with Crippen molar-refractivity contribution >= 4 is 23.3 Å². The summed E-state index contributed by atoms with van der Waals surface area (Å²) >= 11 is 0. The summed E-state index contributed by atoms with van der Waals surface area (Å²) in [6.07, 6.45) is 1.37. The van der Waals surface area contributed by atoms with Crippen molar-refractivity contribution < 1.29 is 23.5 Å². The first-order chi connectivity index (χ1) is 12.0. The number of hydrogen-bond acceptors (Lipinski definition) is 4. The van der Waals surface area contributed by atoms with E-state index in [4.69, 9.17) is 4.74 Å². The molecule has 0 aromatic heterocycles. The fraction of sp³-hybridized carbons (Fsp3) is 0.211. The lowest BCUT2D eigenvalue weighted by atomic mass is 10.1. The minimum atomic E-state index is -0.757. The zero-order valence-electron chi connectivity index (χ0n) is 13.4. The van der Waals surface area contributed by atoms with Crippen LogP contribution < -0.4 is 4.90 Å². The Balaban J connectivity index is 1.59. The molecule has 2 aromatic carbocycles. The number of nitrogens with zero attached hydrogens (tertiary/aromatic N) is 1. The second kappa shape index (κ2) is 7.25. The Kier molecular flexibility index (Phi) is 4.88. The van der Waals surface area contributed by atoms with Crippen molar-refractivity contribution in [3.63, 3.8) is 0 Å². The smallest absolute Gasteiger partial charge is 0.338 e. The van der Waals surface area contributed by atoms with Gasteiger partial charge in [-0.15, -0.1) is 0 Å². The first kappa shape index (κ1) is 16.8. The Bertz CT molecular complexity index is 816. The number of esters is 1. The van der Waals surface area contributed by atoms with Crippen molar-refractivity contribution in [1.82, 2.24) is 0 Å². The number of anilines is 1. The molecular weight excluding hydrogens is 325 g/mol. The number of carbonyl (C=O) groups excluding carboxylic acids is 3. The molecule has 0 atom stereocenters. The summed E-state index contributed by atoms with van der Waals surface area (Å²) in [7, 11) is 0. The molecule has 0 N–H and O–H groups in total. The number of amides is 1. The first-order valence-corrected chi connectivity index (χ1v) is 7.91. The second-order valence-electron chi connectivity index (χ2n) is 5.71. The number of benzene rings is 2. The van der Waals surface area contributed by atoms with Gasteiger partial charge in [-0.05, 0) is 48.9 Å². The van der Waals surface area contributed by atoms with Gasteiger partial charge in [0.15, 0.2) is 12.4 Å². The molecule has 1 aliphatic rings. The number of ketones is 1. The number of hydrogen-bond donors (Lipinski definition) is 0. The van der Waals surface area contributed by atoms with Crippen molar-refractivity contribution in [2.75, 3.05) is 18.1 Å². The van der Waals surface area contributed by atoms with Gasteiger partial charge < -0.3 is 9.64 Å². The van der Waals surface area contributed by atoms with Crippen LogP contribution in [0.4, 0.5) is 10.1 Å². The van der Waals surface area contributed by atoms with E-state index in [0.717, 1.165) is 18.2 Å². The Labute approximate surface area is 144 Å². The maximum atomic E-state index is 13.1. The van der Waals surface area contributed by atoms with E-state index < -0.39 is 18.4 Å². The molecule has 5 nitrogen and oxygen atoms in total. The normalized spacial score (nSPS) is 13.8. The van der Waals surface area contributed by atoms with E-state index in [1.165, 1.54) is 18.2 Å². The Hall–Kier alpha value is -3.02. The van der Waals surface area contributed by atoms with Crippen LogP contribution in [0.5, 0.6) is 0 Å². The van der Waals surface area contributed by atoms with Crippen molar-refractivity contribution in [2.24, 2.45) is 0 Å². The minimum absolute atomic E-state index is 0.0516. The molecule has 1 amide bonds. The monoisotopic (exact) mass is 341 g/mol. The molecular formula is C19H16FNO4. The molecule has 0 radical (unpaired) electrons. The molecule has 128 valence electrons. The lowest BCUT2D eigenvalue weighted by Gasteiger charge is -2.15. The summed E-state index contributed by atoms with van der Waals surface area (Å²) < 4.78 is 18.0. The molecule has 3 rings (SSSR count). The largest absolute Gasteiger partial charge is 0.454 e. The summed E-state index contributed by atoms with van der Waals surface area (Å²) in [5, 5.41) is 0. The summed E-state index contributed by atoms with van der Waals surface area (Å²) in [6.45, 7) is 0.245. The summed E-state index contributed by atoms with van der Waals surface area (Å²) in [5.74, 6) is -1.60. The van der Waals surface area contributed by atoms with Crippen LogP contribution >= 0.6 is 0 Å². The third kappa shape index (κ3) is 3.91. The lowest BCUT2D eigenvalue weighted by Crippen LogP contribution is -2.23. The van der Waals surface area contributed by atoms with Crippen LogP contribution in [0.3, 0.4) is 0 Å². The van der Waals surface area contributed by atoms with Gasteiger partial charge in [-0.2, -0.15) is 0 Å². The molecule has 1 aliphatic heterocycles. The van der Waals surface area contributed by atoms with Crippen LogP contribution in [-0.2, 0) is 9.53 Å². The van der Waals surface area contributed by atoms with Crippen molar-refractivity contribution in [2.45, 2.75) is 12.8 Å². The Morgan fingerprint density at radius 1 is 1.08 bits per heavy atom. The number of carbonyl (C=O) groups is 3. The zero-order valence-corrected chi connectivity index (χ0v) is 13.4. The number of halogens is 1. The molecule has 2 aromatic rings. The third-order valence-electron chi connectivity index (χ3n) is 3.97. The highest BCUT2D eigenvalue weighted by Crippen LogP contribution is 2.21. The molecule has 0 unspecified atom stereocenters. The average Bonchev–Trinajstić information content (AvgIpc) is 3.05. The summed E-state index contributed by atoms with van der Waals surface area (Å²) in [4.78, 5) is 37.3. The van der Waals surface area contributed by atoms with E-state index in [1.807, 2.05) is 0 Å². The minimum Gasteiger partial charge on any atom is -0.454 e. The maximum absolute atomic E-state index is 13.1. The van der Waals surface area contributed by atoms with Crippen LogP contribution in [0.2, 0.25) is 0 Å². The van der Waals surface area contributed by atoms with Gasteiger partial charge in [0.05, 0.1) is 5.56 Å². The predicted octanol–water partition coefficient (Wildman–Crippen LogP) is 2.99. The van der Waals surface area contributed by atoms with Gasteiger partial charge in [-0.1, -0.05) is 6.07 Å². The van der Waals surface area contributed by atoms with E-state index >= 15 is 0 Å². The number of rotatable bonds is 5. The molecule has 0 saturated carbocycles. The Morgan fingerprint density at radius 3 is 2.48 bits per heavy atom. The molecule has 6 heteroatoms. The van der Waals surface area contributed by atoms with Crippen LogP contribution in [-0.4, -0.2) is 30.8 Å². The molecule has 0 spiro atoms. The van der Waals surface area contributed by atoms with Gasteiger partial charge >= 0.3 is 5.97 Å². The summed E-state index contributed by atoms with van der Waals surface area (Å²) in [6, 6.07) is 11.7. The average molecular weight is 341 g/mol. The van der Waals surface area contributed by atoms with Crippen molar-refractivity contribution in [1.29, 1.82) is 0 Å². The van der Waals surface area contributed by atoms with E-state index in [9.17, 15) is 18.8 Å². The fourth-order valence-electron chi connectivity index (χ4n) is 2.66. The number of Topliss-reactive ketones (excluding diaryl/α,β-unsaturated/α-hetero) is 1. The van der Waals surface area contributed by atoms with Gasteiger partial charge in [0.1, 0.15) is 5.82 Å². The lowest BCUT2D eigenvalue weighted by molar-refractivity contribution is -0.117. The standard InChI is InChI=1S/C19H16FNO4/c20-15-4-1-3-14(11-15)19(24)25-12-17(22)13-6-8-16(9-7-13)21-10-2-5-18(21)23/h1,3-4,6-9,11H,2,5,10,12H2. The van der Waals surface area contributed by atoms with Gasteiger partial charge in [-0.3, -0.25) is 9.59 Å². The highest BCUT2D eigenvalue weighted by molar-refractivity contribution is 6.00. The first-order valence-electron chi connectivity index (χ1n) is 7.91. The molecule has 0 aliphatic carbocycles. The quantitative estimate of drug-likeness (QED) is 0.619.